The van der Waals surface area contributed by atoms with Crippen molar-refractivity contribution < 1.29 is 19.1 Å². The van der Waals surface area contributed by atoms with E-state index in [4.69, 9.17) is 21.1 Å². The predicted molar refractivity (Wildman–Crippen MR) is 128 cm³/mol. The lowest BCUT2D eigenvalue weighted by Crippen LogP contribution is -2.07. The van der Waals surface area contributed by atoms with Crippen molar-refractivity contribution in [3.05, 3.63) is 93.8 Å². The van der Waals surface area contributed by atoms with Crippen molar-refractivity contribution in [1.82, 2.24) is 0 Å². The van der Waals surface area contributed by atoms with Crippen LogP contribution >= 0.6 is 22.9 Å². The molecular weight excluding hydrogens is 446 g/mol. The van der Waals surface area contributed by atoms with Crippen molar-refractivity contribution >= 4 is 56.9 Å². The highest BCUT2D eigenvalue weighted by Crippen LogP contribution is 2.35. The van der Waals surface area contributed by atoms with Crippen LogP contribution in [0.25, 0.3) is 10.1 Å². The fourth-order valence-corrected chi connectivity index (χ4v) is 4.39. The van der Waals surface area contributed by atoms with Gasteiger partial charge >= 0.3 is 11.9 Å². The topological polar surface area (TPSA) is 65.0 Å². The third kappa shape index (κ3) is 4.88. The SMILES string of the molecule is CCOC(=O)c1ccc(N=Cc2cccc(OC(=O)c3sc4ccccc4c3Cl)c2)cc1. The molecule has 0 N–H and O–H groups in total. The van der Waals surface area contributed by atoms with Crippen LogP contribution in [0.5, 0.6) is 5.75 Å². The molecule has 160 valence electrons. The lowest BCUT2D eigenvalue weighted by Gasteiger charge is -2.04. The number of thiophene rings is 1. The van der Waals surface area contributed by atoms with Crippen LogP contribution in [0.3, 0.4) is 0 Å². The summed E-state index contributed by atoms with van der Waals surface area (Å²) in [6.07, 6.45) is 1.66. The van der Waals surface area contributed by atoms with Crippen LogP contribution in [0.2, 0.25) is 5.02 Å². The highest BCUT2D eigenvalue weighted by molar-refractivity contribution is 7.21. The summed E-state index contributed by atoms with van der Waals surface area (Å²) in [5.41, 5.74) is 1.91. The van der Waals surface area contributed by atoms with E-state index in [0.29, 0.717) is 33.5 Å². The molecule has 4 rings (SSSR count). The van der Waals surface area contributed by atoms with Crippen molar-refractivity contribution in [2.75, 3.05) is 6.61 Å². The van der Waals surface area contributed by atoms with Crippen LogP contribution in [-0.2, 0) is 4.74 Å². The number of hydrogen-bond donors (Lipinski definition) is 0. The van der Waals surface area contributed by atoms with E-state index in [1.54, 1.807) is 55.6 Å². The fraction of sp³-hybridized carbons (Fsp3) is 0.0800. The van der Waals surface area contributed by atoms with Crippen LogP contribution in [0.4, 0.5) is 5.69 Å². The smallest absolute Gasteiger partial charge is 0.355 e. The molecule has 0 aliphatic heterocycles. The Morgan fingerprint density at radius 1 is 1.00 bits per heavy atom. The van der Waals surface area contributed by atoms with Gasteiger partial charge in [-0.15, -0.1) is 11.3 Å². The molecule has 32 heavy (non-hydrogen) atoms. The monoisotopic (exact) mass is 463 g/mol. The zero-order chi connectivity index (χ0) is 22.5. The van der Waals surface area contributed by atoms with Gasteiger partial charge in [0.15, 0.2) is 0 Å². The van der Waals surface area contributed by atoms with Crippen LogP contribution in [-0.4, -0.2) is 24.8 Å². The quantitative estimate of drug-likeness (QED) is 0.181. The molecule has 0 fully saturated rings. The molecule has 3 aromatic carbocycles. The molecule has 0 spiro atoms. The second-order valence-corrected chi connectivity index (χ2v) is 8.16. The first kappa shape index (κ1) is 21.7. The summed E-state index contributed by atoms with van der Waals surface area (Å²) >= 11 is 7.68. The Balaban J connectivity index is 1.47. The van der Waals surface area contributed by atoms with Crippen molar-refractivity contribution in [3.63, 3.8) is 0 Å². The zero-order valence-electron chi connectivity index (χ0n) is 17.1. The van der Waals surface area contributed by atoms with Gasteiger partial charge in [-0.3, -0.25) is 4.99 Å². The van der Waals surface area contributed by atoms with Gasteiger partial charge in [-0.25, -0.2) is 9.59 Å². The molecule has 0 unspecified atom stereocenters. The predicted octanol–water partition coefficient (Wildman–Crippen LogP) is 6.70. The number of carbonyl (C=O) groups excluding carboxylic acids is 2. The standard InChI is InChI=1S/C25H18ClNO4S/c1-2-30-24(28)17-10-12-18(13-11-17)27-15-16-6-5-7-19(14-16)31-25(29)23-22(26)20-8-3-4-9-21(20)32-23/h3-15H,2H2,1H3. The van der Waals surface area contributed by atoms with Crippen LogP contribution in [0.15, 0.2) is 77.8 Å². The maximum Gasteiger partial charge on any atom is 0.355 e. The normalized spacial score (nSPS) is 11.1. The third-order valence-corrected chi connectivity index (χ3v) is 6.19. The van der Waals surface area contributed by atoms with Crippen molar-refractivity contribution in [2.24, 2.45) is 4.99 Å². The van der Waals surface area contributed by atoms with Gasteiger partial charge < -0.3 is 9.47 Å². The number of nitrogens with zero attached hydrogens (tertiary/aromatic N) is 1. The summed E-state index contributed by atoms with van der Waals surface area (Å²) in [6.45, 7) is 2.09. The molecule has 0 saturated heterocycles. The Kier molecular flexibility index (Phi) is 6.63. The number of esters is 2. The Hall–Kier alpha value is -3.48. The Morgan fingerprint density at radius 3 is 2.53 bits per heavy atom. The second kappa shape index (κ2) is 9.77. The molecule has 0 atom stereocenters. The van der Waals surface area contributed by atoms with E-state index in [2.05, 4.69) is 4.99 Å². The number of carbonyl (C=O) groups is 2. The Bertz CT molecular complexity index is 1310. The lowest BCUT2D eigenvalue weighted by molar-refractivity contribution is 0.0526. The van der Waals surface area contributed by atoms with Crippen LogP contribution in [0.1, 0.15) is 32.5 Å². The van der Waals surface area contributed by atoms with Gasteiger partial charge in [0.1, 0.15) is 10.6 Å². The van der Waals surface area contributed by atoms with E-state index >= 15 is 0 Å². The minimum atomic E-state index is -0.500. The average Bonchev–Trinajstić information content (AvgIpc) is 3.15. The van der Waals surface area contributed by atoms with Gasteiger partial charge in [0.25, 0.3) is 0 Å². The minimum absolute atomic E-state index is 0.328. The highest BCUT2D eigenvalue weighted by Gasteiger charge is 2.19. The summed E-state index contributed by atoms with van der Waals surface area (Å²) in [7, 11) is 0. The average molecular weight is 464 g/mol. The van der Waals surface area contributed by atoms with Gasteiger partial charge in [-0.05, 0) is 55.0 Å². The van der Waals surface area contributed by atoms with Gasteiger partial charge in [0, 0.05) is 16.3 Å². The van der Waals surface area contributed by atoms with Gasteiger partial charge in [0.2, 0.25) is 0 Å². The van der Waals surface area contributed by atoms with Gasteiger partial charge in [-0.2, -0.15) is 0 Å². The molecule has 0 bridgehead atoms. The maximum atomic E-state index is 12.7. The molecule has 0 saturated carbocycles. The molecule has 0 aliphatic rings. The summed E-state index contributed by atoms with van der Waals surface area (Å²) in [5, 5.41) is 1.24. The molecule has 5 nitrogen and oxygen atoms in total. The van der Waals surface area contributed by atoms with E-state index in [0.717, 1.165) is 15.6 Å². The molecule has 1 aromatic heterocycles. The number of fused-ring (bicyclic) bond motifs is 1. The maximum absolute atomic E-state index is 12.7. The lowest BCUT2D eigenvalue weighted by atomic mass is 10.2. The number of hydrogen-bond acceptors (Lipinski definition) is 6. The van der Waals surface area contributed by atoms with E-state index in [-0.39, 0.29) is 5.97 Å². The van der Waals surface area contributed by atoms with Crippen LogP contribution < -0.4 is 4.74 Å². The van der Waals surface area contributed by atoms with Crippen LogP contribution in [0, 0.1) is 0 Å². The molecule has 0 radical (unpaired) electrons. The van der Waals surface area contributed by atoms with Gasteiger partial charge in [-0.1, -0.05) is 41.9 Å². The highest BCUT2D eigenvalue weighted by atomic mass is 35.5. The summed E-state index contributed by atoms with van der Waals surface area (Å²) < 4.78 is 11.4. The number of benzene rings is 3. The molecular formula is C25H18ClNO4S. The first-order valence-corrected chi connectivity index (χ1v) is 11.0. The van der Waals surface area contributed by atoms with E-state index in [1.807, 2.05) is 30.3 Å². The number of aliphatic imine (C=N–C) groups is 1. The Morgan fingerprint density at radius 2 is 1.78 bits per heavy atom. The second-order valence-electron chi connectivity index (χ2n) is 6.73. The summed E-state index contributed by atoms with van der Waals surface area (Å²) in [6, 6.07) is 21.4. The Labute approximate surface area is 193 Å². The van der Waals surface area contributed by atoms with E-state index < -0.39 is 5.97 Å². The van der Waals surface area contributed by atoms with E-state index in [9.17, 15) is 9.59 Å². The molecule has 7 heteroatoms. The third-order valence-electron chi connectivity index (χ3n) is 4.53. The molecule has 0 amide bonds. The molecule has 1 heterocycles. The zero-order valence-corrected chi connectivity index (χ0v) is 18.7. The summed E-state index contributed by atoms with van der Waals surface area (Å²) in [4.78, 5) is 29.2. The molecule has 0 aliphatic carbocycles. The number of rotatable bonds is 6. The van der Waals surface area contributed by atoms with E-state index in [1.165, 1.54) is 11.3 Å². The fourth-order valence-electron chi connectivity index (χ4n) is 3.00. The van der Waals surface area contributed by atoms with Crippen molar-refractivity contribution in [2.45, 2.75) is 6.92 Å². The molecule has 4 aromatic rings. The minimum Gasteiger partial charge on any atom is -0.462 e. The number of halogens is 1. The number of ether oxygens (including phenoxy) is 2. The van der Waals surface area contributed by atoms with Crippen molar-refractivity contribution in [1.29, 1.82) is 0 Å². The summed E-state index contributed by atoms with van der Waals surface area (Å²) in [5.74, 6) is -0.471. The first-order valence-electron chi connectivity index (χ1n) is 9.85. The largest absolute Gasteiger partial charge is 0.462 e. The van der Waals surface area contributed by atoms with Gasteiger partial charge in [0.05, 0.1) is 22.9 Å². The first-order chi connectivity index (χ1) is 15.5. The van der Waals surface area contributed by atoms with Crippen molar-refractivity contribution in [3.8, 4) is 5.75 Å².